The summed E-state index contributed by atoms with van der Waals surface area (Å²) in [5.74, 6) is 1.77. The number of anilines is 1. The largest absolute Gasteiger partial charge is 0.490 e. The van der Waals surface area contributed by atoms with Crippen LogP contribution < -0.4 is 15.4 Å². The second kappa shape index (κ2) is 9.92. The summed E-state index contributed by atoms with van der Waals surface area (Å²) in [7, 11) is 0. The van der Waals surface area contributed by atoms with Crippen molar-refractivity contribution >= 4 is 34.8 Å². The average molecular weight is 345 g/mol. The van der Waals surface area contributed by atoms with Gasteiger partial charge in [0.1, 0.15) is 12.4 Å². The Balaban J connectivity index is 1.67. The van der Waals surface area contributed by atoms with Crippen molar-refractivity contribution in [2.45, 2.75) is 4.90 Å². The number of benzene rings is 2. The molecule has 2 aromatic carbocycles. The Morgan fingerprint density at radius 3 is 2.57 bits per heavy atom. The van der Waals surface area contributed by atoms with Crippen molar-refractivity contribution < 1.29 is 4.74 Å². The molecule has 2 N–H and O–H groups in total. The van der Waals surface area contributed by atoms with Crippen molar-refractivity contribution in [1.82, 2.24) is 5.32 Å². The minimum Gasteiger partial charge on any atom is -0.490 e. The normalized spacial score (nSPS) is 9.91. The van der Waals surface area contributed by atoms with E-state index in [1.54, 1.807) is 17.8 Å². The second-order valence-corrected chi connectivity index (χ2v) is 6.24. The molecule has 0 saturated carbocycles. The highest BCUT2D eigenvalue weighted by molar-refractivity contribution is 7.99. The van der Waals surface area contributed by atoms with Crippen molar-refractivity contribution in [3.05, 3.63) is 67.3 Å². The molecule has 0 aliphatic rings. The second-order valence-electron chi connectivity index (χ2n) is 4.67. The third kappa shape index (κ3) is 6.76. The lowest BCUT2D eigenvalue weighted by molar-refractivity contribution is 0.363. The Morgan fingerprint density at radius 1 is 1.13 bits per heavy atom. The molecule has 0 heterocycles. The van der Waals surface area contributed by atoms with Gasteiger partial charge in [-0.05, 0) is 48.6 Å². The molecule has 0 aliphatic heterocycles. The minimum atomic E-state index is 0.506. The molecular formula is C18H20N2OS2. The maximum atomic E-state index is 5.44. The molecule has 0 fully saturated rings. The predicted octanol–water partition coefficient (Wildman–Crippen LogP) is 4.33. The van der Waals surface area contributed by atoms with Gasteiger partial charge >= 0.3 is 0 Å². The van der Waals surface area contributed by atoms with Gasteiger partial charge in [-0.2, -0.15) is 0 Å². The maximum Gasteiger partial charge on any atom is 0.170 e. The van der Waals surface area contributed by atoms with Gasteiger partial charge in [-0.25, -0.2) is 0 Å². The molecule has 0 atom stereocenters. The van der Waals surface area contributed by atoms with Crippen LogP contribution in [0.15, 0.2) is 72.1 Å². The lowest BCUT2D eigenvalue weighted by atomic mass is 10.3. The van der Waals surface area contributed by atoms with E-state index in [0.717, 1.165) is 23.7 Å². The summed E-state index contributed by atoms with van der Waals surface area (Å²) in [6, 6.07) is 18.0. The summed E-state index contributed by atoms with van der Waals surface area (Å²) < 4.78 is 5.44. The van der Waals surface area contributed by atoms with Gasteiger partial charge < -0.3 is 15.4 Å². The predicted molar refractivity (Wildman–Crippen MR) is 104 cm³/mol. The Hall–Kier alpha value is -1.98. The smallest absolute Gasteiger partial charge is 0.170 e. The van der Waals surface area contributed by atoms with E-state index in [0.29, 0.717) is 11.7 Å². The Labute approximate surface area is 147 Å². The minimum absolute atomic E-state index is 0.506. The first kappa shape index (κ1) is 17.4. The van der Waals surface area contributed by atoms with Crippen LogP contribution in [0.3, 0.4) is 0 Å². The van der Waals surface area contributed by atoms with E-state index in [9.17, 15) is 0 Å². The summed E-state index contributed by atoms with van der Waals surface area (Å²) in [5, 5.41) is 6.99. The van der Waals surface area contributed by atoms with Crippen LogP contribution in [-0.2, 0) is 0 Å². The molecule has 2 aromatic rings. The van der Waals surface area contributed by atoms with Gasteiger partial charge in [0.05, 0.1) is 0 Å². The van der Waals surface area contributed by atoms with E-state index >= 15 is 0 Å². The fraction of sp³-hybridized carbons (Fsp3) is 0.167. The van der Waals surface area contributed by atoms with Crippen LogP contribution in [0, 0.1) is 0 Å². The SMILES string of the molecule is C=CCOc1ccc(NC(=S)NCCSc2ccccc2)cc1. The zero-order valence-corrected chi connectivity index (χ0v) is 14.5. The number of thiocarbonyl (C=S) groups is 1. The fourth-order valence-corrected chi connectivity index (χ4v) is 2.82. The first-order valence-electron chi connectivity index (χ1n) is 7.34. The molecule has 0 bridgehead atoms. The molecule has 0 radical (unpaired) electrons. The summed E-state index contributed by atoms with van der Waals surface area (Å²) in [6.07, 6.45) is 1.72. The highest BCUT2D eigenvalue weighted by Crippen LogP contribution is 2.16. The van der Waals surface area contributed by atoms with Gasteiger partial charge in [0.2, 0.25) is 0 Å². The van der Waals surface area contributed by atoms with Gasteiger partial charge in [-0.1, -0.05) is 30.9 Å². The standard InChI is InChI=1S/C18H20N2OS2/c1-2-13-21-16-10-8-15(9-11-16)20-18(22)19-12-14-23-17-6-4-3-5-7-17/h2-11H,1,12-14H2,(H2,19,20,22). The van der Waals surface area contributed by atoms with E-state index in [-0.39, 0.29) is 0 Å². The van der Waals surface area contributed by atoms with Gasteiger partial charge in [0.25, 0.3) is 0 Å². The van der Waals surface area contributed by atoms with Crippen LogP contribution in [0.4, 0.5) is 5.69 Å². The lowest BCUT2D eigenvalue weighted by Crippen LogP contribution is -2.30. The molecule has 0 amide bonds. The van der Waals surface area contributed by atoms with Crippen molar-refractivity contribution in [3.8, 4) is 5.75 Å². The summed E-state index contributed by atoms with van der Waals surface area (Å²) >= 11 is 7.10. The van der Waals surface area contributed by atoms with Crippen LogP contribution in [0.2, 0.25) is 0 Å². The summed E-state index contributed by atoms with van der Waals surface area (Å²) in [6.45, 7) is 4.94. The van der Waals surface area contributed by atoms with Crippen LogP contribution >= 0.6 is 24.0 Å². The number of hydrogen-bond donors (Lipinski definition) is 2. The number of thioether (sulfide) groups is 1. The monoisotopic (exact) mass is 344 g/mol. The van der Waals surface area contributed by atoms with Crippen LogP contribution in [0.1, 0.15) is 0 Å². The summed E-state index contributed by atoms with van der Waals surface area (Å²) in [5.41, 5.74) is 0.934. The fourth-order valence-electron chi connectivity index (χ4n) is 1.82. The van der Waals surface area contributed by atoms with Crippen LogP contribution in [0.25, 0.3) is 0 Å². The zero-order chi connectivity index (χ0) is 16.3. The topological polar surface area (TPSA) is 33.3 Å². The molecular weight excluding hydrogens is 324 g/mol. The van der Waals surface area contributed by atoms with Crippen LogP contribution in [0.5, 0.6) is 5.75 Å². The molecule has 0 unspecified atom stereocenters. The molecule has 0 saturated heterocycles. The molecule has 23 heavy (non-hydrogen) atoms. The van der Waals surface area contributed by atoms with Crippen molar-refractivity contribution in [1.29, 1.82) is 0 Å². The highest BCUT2D eigenvalue weighted by Gasteiger charge is 1.99. The molecule has 0 spiro atoms. The number of nitrogens with one attached hydrogen (secondary N) is 2. The van der Waals surface area contributed by atoms with E-state index < -0.39 is 0 Å². The lowest BCUT2D eigenvalue weighted by Gasteiger charge is -2.11. The third-order valence-electron chi connectivity index (χ3n) is 2.88. The van der Waals surface area contributed by atoms with Gasteiger partial charge in [0, 0.05) is 22.9 Å². The van der Waals surface area contributed by atoms with Crippen LogP contribution in [-0.4, -0.2) is 24.0 Å². The first-order valence-corrected chi connectivity index (χ1v) is 8.74. The van der Waals surface area contributed by atoms with Gasteiger partial charge in [-0.15, -0.1) is 11.8 Å². The van der Waals surface area contributed by atoms with E-state index in [1.807, 2.05) is 42.5 Å². The molecule has 120 valence electrons. The van der Waals surface area contributed by atoms with Crippen molar-refractivity contribution in [2.75, 3.05) is 24.2 Å². The zero-order valence-electron chi connectivity index (χ0n) is 12.8. The first-order chi connectivity index (χ1) is 11.3. The molecule has 3 nitrogen and oxygen atoms in total. The quantitative estimate of drug-likeness (QED) is 0.322. The maximum absolute atomic E-state index is 5.44. The number of ether oxygens (including phenoxy) is 1. The Bertz CT molecular complexity index is 615. The Kier molecular flexibility index (Phi) is 7.49. The van der Waals surface area contributed by atoms with E-state index in [2.05, 4.69) is 29.3 Å². The van der Waals surface area contributed by atoms with Crippen molar-refractivity contribution in [2.24, 2.45) is 0 Å². The summed E-state index contributed by atoms with van der Waals surface area (Å²) in [4.78, 5) is 1.27. The van der Waals surface area contributed by atoms with Gasteiger partial charge in [0.15, 0.2) is 5.11 Å². The molecule has 0 aromatic heterocycles. The Morgan fingerprint density at radius 2 is 1.87 bits per heavy atom. The van der Waals surface area contributed by atoms with E-state index in [1.165, 1.54) is 4.90 Å². The third-order valence-corrected chi connectivity index (χ3v) is 4.14. The average Bonchev–Trinajstić information content (AvgIpc) is 2.59. The van der Waals surface area contributed by atoms with Crippen molar-refractivity contribution in [3.63, 3.8) is 0 Å². The van der Waals surface area contributed by atoms with Gasteiger partial charge in [-0.3, -0.25) is 0 Å². The molecule has 0 aliphatic carbocycles. The molecule has 2 rings (SSSR count). The molecule has 5 heteroatoms. The highest BCUT2D eigenvalue weighted by atomic mass is 32.2. The number of hydrogen-bond acceptors (Lipinski definition) is 3. The van der Waals surface area contributed by atoms with E-state index in [4.69, 9.17) is 17.0 Å². The number of rotatable bonds is 8.